The van der Waals surface area contributed by atoms with Crippen molar-refractivity contribution in [1.82, 2.24) is 10.6 Å². The normalized spacial score (nSPS) is 43.5. The molecule has 0 radical (unpaired) electrons. The lowest BCUT2D eigenvalue weighted by Gasteiger charge is -2.56. The van der Waals surface area contributed by atoms with Crippen molar-refractivity contribution in [2.45, 2.75) is 62.9 Å². The number of nitrogens with two attached hydrogens (primary N) is 1. The van der Waals surface area contributed by atoms with Gasteiger partial charge in [-0.3, -0.25) is 0 Å². The first-order valence-electron chi connectivity index (χ1n) is 8.61. The van der Waals surface area contributed by atoms with Crippen LogP contribution in [0.3, 0.4) is 0 Å². The van der Waals surface area contributed by atoms with E-state index in [9.17, 15) is 4.79 Å². The fraction of sp³-hybridized carbons (Fsp3) is 0.938. The van der Waals surface area contributed by atoms with E-state index in [4.69, 9.17) is 0 Å². The molecule has 5 aliphatic rings. The predicted octanol–water partition coefficient (Wildman–Crippen LogP) is 0.980. The number of rotatable bonds is 2. The van der Waals surface area contributed by atoms with E-state index >= 15 is 0 Å². The van der Waals surface area contributed by atoms with Crippen LogP contribution in [0.5, 0.6) is 0 Å². The molecule has 4 nitrogen and oxygen atoms in total. The Morgan fingerprint density at radius 1 is 0.950 bits per heavy atom. The Kier molecular flexibility index (Phi) is 3.17. The zero-order chi connectivity index (χ0) is 13.6. The van der Waals surface area contributed by atoms with Crippen LogP contribution in [0.4, 0.5) is 4.79 Å². The Morgan fingerprint density at radius 2 is 1.50 bits per heavy atom. The fourth-order valence-corrected chi connectivity index (χ4v) is 5.80. The van der Waals surface area contributed by atoms with Crippen LogP contribution in [-0.4, -0.2) is 30.7 Å². The van der Waals surface area contributed by atoms with Gasteiger partial charge in [-0.1, -0.05) is 0 Å². The molecule has 4 saturated carbocycles. The van der Waals surface area contributed by atoms with E-state index in [1.165, 1.54) is 38.5 Å². The quantitative estimate of drug-likeness (QED) is 0.693. The molecule has 112 valence electrons. The minimum atomic E-state index is 0.110. The molecule has 0 unspecified atom stereocenters. The summed E-state index contributed by atoms with van der Waals surface area (Å²) in [5.74, 6) is 2.68. The first-order chi connectivity index (χ1) is 9.71. The average molecular weight is 278 g/mol. The van der Waals surface area contributed by atoms with Gasteiger partial charge in [0, 0.05) is 24.4 Å². The number of carbonyl (C=O) groups excluding carboxylic acids is 1. The SMILES string of the molecule is O=C(NC1CC[NH2+]CC1)NC12CC3CC(CC(C3)C1)C2. The van der Waals surface area contributed by atoms with Crippen LogP contribution in [-0.2, 0) is 0 Å². The smallest absolute Gasteiger partial charge is 0.315 e. The van der Waals surface area contributed by atoms with Crippen LogP contribution in [0, 0.1) is 17.8 Å². The summed E-state index contributed by atoms with van der Waals surface area (Å²) in [5.41, 5.74) is 0.152. The molecule has 0 aromatic rings. The maximum absolute atomic E-state index is 12.4. The molecule has 20 heavy (non-hydrogen) atoms. The molecule has 0 aromatic carbocycles. The van der Waals surface area contributed by atoms with Crippen LogP contribution in [0.25, 0.3) is 0 Å². The van der Waals surface area contributed by atoms with E-state index < -0.39 is 0 Å². The number of urea groups is 1. The highest BCUT2D eigenvalue weighted by molar-refractivity contribution is 5.75. The van der Waals surface area contributed by atoms with Crippen molar-refractivity contribution in [1.29, 1.82) is 0 Å². The molecule has 2 amide bonds. The molecule has 5 rings (SSSR count). The first-order valence-corrected chi connectivity index (χ1v) is 8.61. The van der Waals surface area contributed by atoms with Gasteiger partial charge in [-0.25, -0.2) is 4.79 Å². The van der Waals surface area contributed by atoms with Crippen molar-refractivity contribution in [3.05, 3.63) is 0 Å². The van der Waals surface area contributed by atoms with Crippen molar-refractivity contribution < 1.29 is 10.1 Å². The number of amides is 2. The zero-order valence-electron chi connectivity index (χ0n) is 12.4. The Morgan fingerprint density at radius 3 is 2.05 bits per heavy atom. The molecule has 4 aliphatic carbocycles. The van der Waals surface area contributed by atoms with Gasteiger partial charge >= 0.3 is 6.03 Å². The summed E-state index contributed by atoms with van der Waals surface area (Å²) in [6, 6.07) is 0.507. The van der Waals surface area contributed by atoms with Gasteiger partial charge in [-0.2, -0.15) is 0 Å². The number of quaternary nitrogens is 1. The number of hydrogen-bond acceptors (Lipinski definition) is 1. The summed E-state index contributed by atoms with van der Waals surface area (Å²) in [4.78, 5) is 12.4. The molecule has 4 N–H and O–H groups in total. The molecule has 0 aromatic heterocycles. The predicted molar refractivity (Wildman–Crippen MR) is 77.3 cm³/mol. The van der Waals surface area contributed by atoms with Crippen LogP contribution < -0.4 is 16.0 Å². The van der Waals surface area contributed by atoms with E-state index in [0.717, 1.165) is 43.7 Å². The van der Waals surface area contributed by atoms with Gasteiger partial charge in [-0.05, 0) is 56.3 Å². The second kappa shape index (κ2) is 4.90. The average Bonchev–Trinajstić information content (AvgIpc) is 2.37. The van der Waals surface area contributed by atoms with Gasteiger partial charge in [0.25, 0.3) is 0 Å². The van der Waals surface area contributed by atoms with Gasteiger partial charge in [0.05, 0.1) is 13.1 Å². The molecular formula is C16H28N3O+. The van der Waals surface area contributed by atoms with E-state index in [0.29, 0.717) is 6.04 Å². The summed E-state index contributed by atoms with van der Waals surface area (Å²) in [7, 11) is 0. The largest absolute Gasteiger partial charge is 0.346 e. The van der Waals surface area contributed by atoms with Crippen LogP contribution in [0.2, 0.25) is 0 Å². The molecule has 1 aliphatic heterocycles. The van der Waals surface area contributed by atoms with E-state index in [-0.39, 0.29) is 11.6 Å². The fourth-order valence-electron chi connectivity index (χ4n) is 5.80. The van der Waals surface area contributed by atoms with E-state index in [1.54, 1.807) is 0 Å². The monoisotopic (exact) mass is 278 g/mol. The molecule has 1 saturated heterocycles. The Balaban J connectivity index is 1.37. The Labute approximate surface area is 121 Å². The third kappa shape index (κ3) is 2.43. The summed E-state index contributed by atoms with van der Waals surface area (Å²) in [6.45, 7) is 2.31. The number of nitrogens with one attached hydrogen (secondary N) is 2. The molecule has 4 heteroatoms. The van der Waals surface area contributed by atoms with Crippen molar-refractivity contribution in [2.24, 2.45) is 17.8 Å². The lowest BCUT2D eigenvalue weighted by atomic mass is 9.53. The van der Waals surface area contributed by atoms with Crippen LogP contribution in [0.1, 0.15) is 51.4 Å². The Bertz CT molecular complexity index is 354. The van der Waals surface area contributed by atoms with Crippen molar-refractivity contribution in [3.63, 3.8) is 0 Å². The highest BCUT2D eigenvalue weighted by atomic mass is 16.2. The summed E-state index contributed by atoms with van der Waals surface area (Å²) < 4.78 is 0. The molecule has 0 spiro atoms. The zero-order valence-corrected chi connectivity index (χ0v) is 12.4. The van der Waals surface area contributed by atoms with Crippen molar-refractivity contribution in [2.75, 3.05) is 13.1 Å². The standard InChI is InChI=1S/C16H27N3O/c20-15(18-14-1-3-17-4-2-14)19-16-8-11-5-12(9-16)7-13(6-11)10-16/h11-14,17H,1-10H2,(H2,18,19,20)/p+1. The van der Waals surface area contributed by atoms with Gasteiger partial charge in [-0.15, -0.1) is 0 Å². The van der Waals surface area contributed by atoms with E-state index in [2.05, 4.69) is 16.0 Å². The molecule has 5 fully saturated rings. The topological polar surface area (TPSA) is 57.7 Å². The third-order valence-electron chi connectivity index (χ3n) is 6.19. The van der Waals surface area contributed by atoms with Crippen LogP contribution in [0.15, 0.2) is 0 Å². The molecule has 0 atom stereocenters. The van der Waals surface area contributed by atoms with Crippen molar-refractivity contribution in [3.8, 4) is 0 Å². The molecule has 1 heterocycles. The lowest BCUT2D eigenvalue weighted by Crippen LogP contribution is -2.87. The lowest BCUT2D eigenvalue weighted by molar-refractivity contribution is -0.663. The van der Waals surface area contributed by atoms with Gasteiger partial charge in [0.1, 0.15) is 0 Å². The second-order valence-corrected chi connectivity index (χ2v) is 7.94. The summed E-state index contributed by atoms with van der Waals surface area (Å²) >= 11 is 0. The number of hydrogen-bond donors (Lipinski definition) is 3. The second-order valence-electron chi connectivity index (χ2n) is 7.94. The molecular weight excluding hydrogens is 250 g/mol. The van der Waals surface area contributed by atoms with Gasteiger partial charge in [0.15, 0.2) is 0 Å². The maximum Gasteiger partial charge on any atom is 0.315 e. The minimum absolute atomic E-state index is 0.110. The summed E-state index contributed by atoms with van der Waals surface area (Å²) in [5, 5.41) is 8.98. The van der Waals surface area contributed by atoms with E-state index in [1.807, 2.05) is 0 Å². The minimum Gasteiger partial charge on any atom is -0.346 e. The van der Waals surface area contributed by atoms with Gasteiger partial charge in [0.2, 0.25) is 0 Å². The van der Waals surface area contributed by atoms with Gasteiger partial charge < -0.3 is 16.0 Å². The van der Waals surface area contributed by atoms with Crippen LogP contribution >= 0.6 is 0 Å². The highest BCUT2D eigenvalue weighted by Gasteiger charge is 2.51. The summed E-state index contributed by atoms with van der Waals surface area (Å²) in [6.07, 6.45) is 10.3. The molecule has 4 bridgehead atoms. The number of piperidine rings is 1. The first kappa shape index (κ1) is 12.9. The maximum atomic E-state index is 12.4. The Hall–Kier alpha value is -0.770. The third-order valence-corrected chi connectivity index (χ3v) is 6.19. The highest BCUT2D eigenvalue weighted by Crippen LogP contribution is 2.55. The van der Waals surface area contributed by atoms with Crippen molar-refractivity contribution >= 4 is 6.03 Å². The number of carbonyl (C=O) groups is 1.